The summed E-state index contributed by atoms with van der Waals surface area (Å²) in [5, 5.41) is 20.4. The van der Waals surface area contributed by atoms with Gasteiger partial charge in [-0.1, -0.05) is 31.9 Å². The van der Waals surface area contributed by atoms with Gasteiger partial charge < -0.3 is 29.1 Å². The summed E-state index contributed by atoms with van der Waals surface area (Å²) in [6.07, 6.45) is 3.94. The Balaban J connectivity index is 1.55. The minimum Gasteiger partial charge on any atom is -0.497 e. The summed E-state index contributed by atoms with van der Waals surface area (Å²) in [6.45, 7) is 2.64. The van der Waals surface area contributed by atoms with Crippen LogP contribution in [-0.4, -0.2) is 31.6 Å². The fraction of sp³-hybridized carbons (Fsp3) is 0.323. The first-order valence-corrected chi connectivity index (χ1v) is 12.8. The molecule has 1 heterocycles. The van der Waals surface area contributed by atoms with Gasteiger partial charge in [0.25, 0.3) is 0 Å². The van der Waals surface area contributed by atoms with Crippen molar-refractivity contribution in [2.45, 2.75) is 45.1 Å². The first-order valence-electron chi connectivity index (χ1n) is 12.8. The van der Waals surface area contributed by atoms with Crippen molar-refractivity contribution < 1.29 is 23.7 Å². The highest BCUT2D eigenvalue weighted by molar-refractivity contribution is 5.90. The Morgan fingerprint density at radius 1 is 0.865 bits per heavy atom. The molecule has 0 aliphatic rings. The number of methoxy groups -OCH3 is 2. The van der Waals surface area contributed by atoms with Gasteiger partial charge in [-0.3, -0.25) is 0 Å². The zero-order valence-electron chi connectivity index (χ0n) is 21.8. The van der Waals surface area contributed by atoms with Gasteiger partial charge in [0, 0.05) is 34.7 Å². The standard InChI is InChI=1S/C31H35NO5/c1-4-5-6-7-23(32)18-19-36-25-14-8-21(9-15-25)30(33)29-27-17-16-26(35-3)20-28(27)37-31(29)22-10-12-24(34-2)13-11-22/h8-17,20,30,32-33H,4-7,18-19H2,1-3H3. The molecule has 2 N–H and O–H groups in total. The quantitative estimate of drug-likeness (QED) is 0.146. The number of furan rings is 1. The lowest BCUT2D eigenvalue weighted by Gasteiger charge is -2.14. The molecule has 4 aromatic rings. The van der Waals surface area contributed by atoms with E-state index >= 15 is 0 Å². The number of unbranched alkanes of at least 4 members (excludes halogenated alkanes) is 2. The van der Waals surface area contributed by atoms with Gasteiger partial charge in [-0.25, -0.2) is 0 Å². The highest BCUT2D eigenvalue weighted by Gasteiger charge is 2.24. The van der Waals surface area contributed by atoms with E-state index in [2.05, 4.69) is 6.92 Å². The van der Waals surface area contributed by atoms with Crippen LogP contribution < -0.4 is 14.2 Å². The first-order chi connectivity index (χ1) is 18.0. The highest BCUT2D eigenvalue weighted by atomic mass is 16.5. The number of rotatable bonds is 13. The molecular formula is C31H35NO5. The molecule has 194 valence electrons. The third-order valence-corrected chi connectivity index (χ3v) is 6.51. The number of hydrogen-bond acceptors (Lipinski definition) is 6. The second-order valence-electron chi connectivity index (χ2n) is 9.07. The van der Waals surface area contributed by atoms with E-state index in [1.807, 2.05) is 66.7 Å². The molecule has 0 fully saturated rings. The van der Waals surface area contributed by atoms with Gasteiger partial charge in [0.15, 0.2) is 0 Å². The Labute approximate surface area is 218 Å². The molecule has 0 radical (unpaired) electrons. The predicted molar refractivity (Wildman–Crippen MR) is 147 cm³/mol. The Bertz CT molecular complexity index is 1310. The predicted octanol–water partition coefficient (Wildman–Crippen LogP) is 7.57. The summed E-state index contributed by atoms with van der Waals surface area (Å²) in [6, 6.07) is 20.6. The van der Waals surface area contributed by atoms with Crippen LogP contribution in [0.3, 0.4) is 0 Å². The summed E-state index contributed by atoms with van der Waals surface area (Å²) < 4.78 is 22.8. The van der Waals surface area contributed by atoms with Crippen LogP contribution in [0.15, 0.2) is 71.1 Å². The van der Waals surface area contributed by atoms with Crippen LogP contribution in [-0.2, 0) is 0 Å². The van der Waals surface area contributed by atoms with Crippen molar-refractivity contribution in [3.8, 4) is 28.6 Å². The Morgan fingerprint density at radius 3 is 2.22 bits per heavy atom. The molecule has 0 aliphatic heterocycles. The van der Waals surface area contributed by atoms with Crippen LogP contribution in [0.2, 0.25) is 0 Å². The molecule has 0 saturated heterocycles. The van der Waals surface area contributed by atoms with Crippen molar-refractivity contribution in [3.63, 3.8) is 0 Å². The second kappa shape index (κ2) is 12.5. The van der Waals surface area contributed by atoms with E-state index in [1.165, 1.54) is 0 Å². The summed E-state index contributed by atoms with van der Waals surface area (Å²) >= 11 is 0. The highest BCUT2D eigenvalue weighted by Crippen LogP contribution is 2.41. The van der Waals surface area contributed by atoms with Gasteiger partial charge in [0.1, 0.15) is 34.7 Å². The molecule has 1 atom stereocenters. The molecule has 0 saturated carbocycles. The van der Waals surface area contributed by atoms with Crippen LogP contribution in [0.5, 0.6) is 17.2 Å². The van der Waals surface area contributed by atoms with Crippen molar-refractivity contribution in [1.29, 1.82) is 5.41 Å². The molecule has 0 spiro atoms. The van der Waals surface area contributed by atoms with Gasteiger partial charge >= 0.3 is 0 Å². The number of fused-ring (bicyclic) bond motifs is 1. The zero-order valence-corrected chi connectivity index (χ0v) is 21.8. The van der Waals surface area contributed by atoms with Crippen LogP contribution in [0.4, 0.5) is 0 Å². The average Bonchev–Trinajstić information content (AvgIpc) is 3.32. The van der Waals surface area contributed by atoms with Gasteiger partial charge in [-0.2, -0.15) is 0 Å². The summed E-state index contributed by atoms with van der Waals surface area (Å²) in [5.41, 5.74) is 3.63. The first kappa shape index (κ1) is 26.3. The summed E-state index contributed by atoms with van der Waals surface area (Å²) in [5.74, 6) is 2.74. The Kier molecular flexibility index (Phi) is 8.86. The van der Waals surface area contributed by atoms with Crippen molar-refractivity contribution >= 4 is 16.7 Å². The Morgan fingerprint density at radius 2 is 1.54 bits per heavy atom. The lowest BCUT2D eigenvalue weighted by molar-refractivity contribution is 0.221. The van der Waals surface area contributed by atoms with Gasteiger partial charge in [-0.05, 0) is 66.9 Å². The van der Waals surface area contributed by atoms with E-state index in [0.29, 0.717) is 35.7 Å². The lowest BCUT2D eigenvalue weighted by Crippen LogP contribution is -2.06. The SMILES string of the molecule is CCCCCC(=N)CCOc1ccc(C(O)c2c(-c3ccc(OC)cc3)oc3cc(OC)ccc23)cc1. The minimum atomic E-state index is -0.910. The number of aliphatic hydroxyl groups excluding tert-OH is 1. The average molecular weight is 502 g/mol. The summed E-state index contributed by atoms with van der Waals surface area (Å²) in [4.78, 5) is 0. The maximum absolute atomic E-state index is 11.5. The molecule has 4 rings (SSSR count). The van der Waals surface area contributed by atoms with Crippen LogP contribution in [0, 0.1) is 5.41 Å². The molecular weight excluding hydrogens is 466 g/mol. The lowest BCUT2D eigenvalue weighted by atomic mass is 9.96. The number of nitrogens with one attached hydrogen (secondary N) is 1. The van der Waals surface area contributed by atoms with E-state index in [0.717, 1.165) is 59.4 Å². The van der Waals surface area contributed by atoms with Crippen LogP contribution in [0.25, 0.3) is 22.3 Å². The summed E-state index contributed by atoms with van der Waals surface area (Å²) in [7, 11) is 3.24. The number of benzene rings is 3. The molecule has 6 nitrogen and oxygen atoms in total. The minimum absolute atomic E-state index is 0.475. The maximum atomic E-state index is 11.5. The zero-order chi connectivity index (χ0) is 26.2. The van der Waals surface area contributed by atoms with Gasteiger partial charge in [0.2, 0.25) is 0 Å². The second-order valence-corrected chi connectivity index (χ2v) is 9.07. The Hall–Kier alpha value is -3.77. The molecule has 1 unspecified atom stereocenters. The molecule has 3 aromatic carbocycles. The fourth-order valence-electron chi connectivity index (χ4n) is 4.37. The number of ether oxygens (including phenoxy) is 3. The van der Waals surface area contributed by atoms with Crippen molar-refractivity contribution in [3.05, 3.63) is 77.9 Å². The molecule has 1 aromatic heterocycles. The van der Waals surface area contributed by atoms with E-state index in [4.69, 9.17) is 24.0 Å². The monoisotopic (exact) mass is 501 g/mol. The van der Waals surface area contributed by atoms with Crippen molar-refractivity contribution in [1.82, 2.24) is 0 Å². The van der Waals surface area contributed by atoms with Crippen LogP contribution >= 0.6 is 0 Å². The number of hydrogen-bond donors (Lipinski definition) is 2. The third kappa shape index (κ3) is 6.33. The van der Waals surface area contributed by atoms with Gasteiger partial charge in [-0.15, -0.1) is 0 Å². The van der Waals surface area contributed by atoms with Crippen LogP contribution in [0.1, 0.15) is 56.3 Å². The molecule has 37 heavy (non-hydrogen) atoms. The van der Waals surface area contributed by atoms with E-state index < -0.39 is 6.10 Å². The van der Waals surface area contributed by atoms with Crippen molar-refractivity contribution in [2.75, 3.05) is 20.8 Å². The largest absolute Gasteiger partial charge is 0.497 e. The smallest absolute Gasteiger partial charge is 0.141 e. The third-order valence-electron chi connectivity index (χ3n) is 6.51. The van der Waals surface area contributed by atoms with E-state index in [9.17, 15) is 5.11 Å². The topological polar surface area (TPSA) is 84.9 Å². The molecule has 6 heteroatoms. The molecule has 0 amide bonds. The maximum Gasteiger partial charge on any atom is 0.141 e. The van der Waals surface area contributed by atoms with E-state index in [-0.39, 0.29) is 0 Å². The fourth-order valence-corrected chi connectivity index (χ4v) is 4.37. The molecule has 0 aliphatic carbocycles. The number of aliphatic hydroxyl groups is 1. The molecule has 0 bridgehead atoms. The van der Waals surface area contributed by atoms with Crippen molar-refractivity contribution in [2.24, 2.45) is 0 Å². The van der Waals surface area contributed by atoms with Gasteiger partial charge in [0.05, 0.1) is 20.8 Å². The normalized spacial score (nSPS) is 11.9. The van der Waals surface area contributed by atoms with E-state index in [1.54, 1.807) is 14.2 Å².